The number of hydrogen-bond donors (Lipinski definition) is 2. The molecule has 1 aliphatic heterocycles. The fraction of sp³-hybridized carbons (Fsp3) is 0.562. The monoisotopic (exact) mass is 292 g/mol. The maximum atomic E-state index is 11.3. The Kier molecular flexibility index (Phi) is 5.44. The first-order valence-electron chi connectivity index (χ1n) is 7.52. The molecule has 5 nitrogen and oxygen atoms in total. The van der Waals surface area contributed by atoms with Crippen molar-refractivity contribution in [1.29, 1.82) is 0 Å². The highest BCUT2D eigenvalue weighted by molar-refractivity contribution is 5.84. The van der Waals surface area contributed by atoms with Crippen LogP contribution in [-0.2, 0) is 9.47 Å². The molecule has 1 amide bonds. The van der Waals surface area contributed by atoms with Crippen molar-refractivity contribution >= 4 is 17.5 Å². The van der Waals surface area contributed by atoms with E-state index in [1.807, 2.05) is 24.3 Å². The molecule has 1 saturated heterocycles. The Morgan fingerprint density at radius 2 is 1.76 bits per heavy atom. The second-order valence-corrected chi connectivity index (χ2v) is 5.49. The molecule has 21 heavy (non-hydrogen) atoms. The van der Waals surface area contributed by atoms with Gasteiger partial charge in [0, 0.05) is 17.4 Å². The number of benzene rings is 1. The van der Waals surface area contributed by atoms with Gasteiger partial charge in [0.25, 0.3) is 0 Å². The highest BCUT2D eigenvalue weighted by Crippen LogP contribution is 2.23. The molecule has 0 spiro atoms. The van der Waals surface area contributed by atoms with Crippen LogP contribution < -0.4 is 10.6 Å². The molecule has 5 heteroatoms. The average molecular weight is 292 g/mol. The minimum atomic E-state index is -0.426. The van der Waals surface area contributed by atoms with Crippen molar-refractivity contribution in [2.24, 2.45) is 0 Å². The molecule has 0 bridgehead atoms. The van der Waals surface area contributed by atoms with Crippen LogP contribution in [0.4, 0.5) is 16.2 Å². The van der Waals surface area contributed by atoms with Crippen LogP contribution in [0, 0.1) is 0 Å². The van der Waals surface area contributed by atoms with Gasteiger partial charge >= 0.3 is 6.09 Å². The number of hydrogen-bond acceptors (Lipinski definition) is 4. The van der Waals surface area contributed by atoms with E-state index >= 15 is 0 Å². The molecule has 0 aliphatic carbocycles. The number of ether oxygens (including phenoxy) is 2. The normalized spacial score (nSPS) is 25.2. The summed E-state index contributed by atoms with van der Waals surface area (Å²) in [6.45, 7) is 6.36. The number of rotatable bonds is 4. The van der Waals surface area contributed by atoms with Crippen LogP contribution in [0.25, 0.3) is 0 Å². The van der Waals surface area contributed by atoms with Crippen LogP contribution in [0.5, 0.6) is 0 Å². The van der Waals surface area contributed by atoms with Gasteiger partial charge < -0.3 is 14.8 Å². The molecule has 1 aromatic carbocycles. The third-order valence-corrected chi connectivity index (χ3v) is 3.48. The number of carbonyl (C=O) groups is 1. The molecule has 1 heterocycles. The number of nitrogens with one attached hydrogen (secondary N) is 2. The summed E-state index contributed by atoms with van der Waals surface area (Å²) in [6.07, 6.45) is 2.16. The Hall–Kier alpha value is -1.75. The molecule has 2 unspecified atom stereocenters. The summed E-state index contributed by atoms with van der Waals surface area (Å²) in [6, 6.07) is 8.09. The summed E-state index contributed by atoms with van der Waals surface area (Å²) in [5.41, 5.74) is 1.78. The zero-order valence-electron chi connectivity index (χ0n) is 12.9. The van der Waals surface area contributed by atoms with E-state index in [0.717, 1.165) is 24.2 Å². The Morgan fingerprint density at radius 3 is 2.33 bits per heavy atom. The predicted molar refractivity (Wildman–Crippen MR) is 83.7 cm³/mol. The van der Waals surface area contributed by atoms with Gasteiger partial charge in [0.15, 0.2) is 0 Å². The summed E-state index contributed by atoms with van der Waals surface area (Å²) in [5, 5.41) is 6.20. The summed E-state index contributed by atoms with van der Waals surface area (Å²) in [7, 11) is 0. The molecule has 2 rings (SSSR count). The zero-order valence-corrected chi connectivity index (χ0v) is 12.9. The van der Waals surface area contributed by atoms with Gasteiger partial charge in [-0.15, -0.1) is 0 Å². The average Bonchev–Trinajstić information content (AvgIpc) is 2.40. The van der Waals surface area contributed by atoms with E-state index in [9.17, 15) is 4.79 Å². The van der Waals surface area contributed by atoms with Gasteiger partial charge in [-0.3, -0.25) is 5.32 Å². The molecule has 1 fully saturated rings. The van der Waals surface area contributed by atoms with Crippen LogP contribution in [0.15, 0.2) is 24.3 Å². The molecule has 0 saturated carbocycles. The van der Waals surface area contributed by atoms with E-state index in [-0.39, 0.29) is 12.2 Å². The predicted octanol–water partition coefficient (Wildman–Crippen LogP) is 3.62. The van der Waals surface area contributed by atoms with Crippen LogP contribution in [0.3, 0.4) is 0 Å². The summed E-state index contributed by atoms with van der Waals surface area (Å²) >= 11 is 0. The van der Waals surface area contributed by atoms with Crippen molar-refractivity contribution in [3.8, 4) is 0 Å². The van der Waals surface area contributed by atoms with E-state index < -0.39 is 6.09 Å². The van der Waals surface area contributed by atoms with E-state index in [2.05, 4.69) is 24.5 Å². The molecule has 1 aromatic rings. The minimum absolute atomic E-state index is 0.288. The van der Waals surface area contributed by atoms with Gasteiger partial charge in [0.1, 0.15) is 0 Å². The molecule has 2 atom stereocenters. The van der Waals surface area contributed by atoms with Crippen molar-refractivity contribution in [2.75, 3.05) is 17.2 Å². The Morgan fingerprint density at radius 1 is 1.19 bits per heavy atom. The van der Waals surface area contributed by atoms with E-state index in [4.69, 9.17) is 9.47 Å². The van der Waals surface area contributed by atoms with E-state index in [1.165, 1.54) is 0 Å². The number of anilines is 2. The highest BCUT2D eigenvalue weighted by Gasteiger charge is 2.24. The Bertz CT molecular complexity index is 451. The van der Waals surface area contributed by atoms with Crippen LogP contribution in [0.1, 0.15) is 33.6 Å². The molecule has 1 aliphatic rings. The van der Waals surface area contributed by atoms with Gasteiger partial charge in [0.05, 0.1) is 18.8 Å². The Balaban J connectivity index is 1.88. The quantitative estimate of drug-likeness (QED) is 0.889. The van der Waals surface area contributed by atoms with Gasteiger partial charge in [-0.1, -0.05) is 0 Å². The lowest BCUT2D eigenvalue weighted by molar-refractivity contribution is -0.0337. The highest BCUT2D eigenvalue weighted by atomic mass is 16.5. The maximum absolute atomic E-state index is 11.3. The third kappa shape index (κ3) is 4.93. The second kappa shape index (κ2) is 7.31. The lowest BCUT2D eigenvalue weighted by Gasteiger charge is -2.33. The summed E-state index contributed by atoms with van der Waals surface area (Å²) in [4.78, 5) is 11.3. The molecule has 2 N–H and O–H groups in total. The molecular formula is C16H24N2O3. The summed E-state index contributed by atoms with van der Waals surface area (Å²) < 4.78 is 10.6. The largest absolute Gasteiger partial charge is 0.450 e. The van der Waals surface area contributed by atoms with Crippen molar-refractivity contribution < 1.29 is 14.3 Å². The fourth-order valence-corrected chi connectivity index (χ4v) is 2.69. The van der Waals surface area contributed by atoms with Crippen molar-refractivity contribution in [1.82, 2.24) is 0 Å². The lowest BCUT2D eigenvalue weighted by Crippen LogP contribution is -2.36. The van der Waals surface area contributed by atoms with Crippen molar-refractivity contribution in [3.05, 3.63) is 24.3 Å². The minimum Gasteiger partial charge on any atom is -0.450 e. The van der Waals surface area contributed by atoms with Crippen molar-refractivity contribution in [2.45, 2.75) is 51.9 Å². The van der Waals surface area contributed by atoms with Gasteiger partial charge in [-0.25, -0.2) is 4.79 Å². The number of carbonyl (C=O) groups excluding carboxylic acids is 1. The molecule has 116 valence electrons. The van der Waals surface area contributed by atoms with Crippen molar-refractivity contribution in [3.63, 3.8) is 0 Å². The van der Waals surface area contributed by atoms with Gasteiger partial charge in [-0.05, 0) is 57.9 Å². The van der Waals surface area contributed by atoms with E-state index in [1.54, 1.807) is 6.92 Å². The first kappa shape index (κ1) is 15.6. The van der Waals surface area contributed by atoms with Crippen LogP contribution >= 0.6 is 0 Å². The summed E-state index contributed by atoms with van der Waals surface area (Å²) in [5.74, 6) is 0. The van der Waals surface area contributed by atoms with Crippen LogP contribution in [0.2, 0.25) is 0 Å². The topological polar surface area (TPSA) is 59.6 Å². The zero-order chi connectivity index (χ0) is 15.2. The maximum Gasteiger partial charge on any atom is 0.411 e. The lowest BCUT2D eigenvalue weighted by atomic mass is 9.99. The Labute approximate surface area is 126 Å². The number of amides is 1. The van der Waals surface area contributed by atoms with Gasteiger partial charge in [-0.2, -0.15) is 0 Å². The molecule has 0 radical (unpaired) electrons. The molecule has 0 aromatic heterocycles. The smallest absolute Gasteiger partial charge is 0.411 e. The fourth-order valence-electron chi connectivity index (χ4n) is 2.69. The molecular weight excluding hydrogens is 268 g/mol. The second-order valence-electron chi connectivity index (χ2n) is 5.49. The SMILES string of the molecule is CCOC(=O)Nc1ccc(NC2CC(C)OC(C)C2)cc1. The van der Waals surface area contributed by atoms with Gasteiger partial charge in [0.2, 0.25) is 0 Å². The third-order valence-electron chi connectivity index (χ3n) is 3.48. The standard InChI is InChI=1S/C16H24N2O3/c1-4-20-16(19)18-14-7-5-13(6-8-14)17-15-9-11(2)21-12(3)10-15/h5-8,11-12,15,17H,4,9-10H2,1-3H3,(H,18,19). The van der Waals surface area contributed by atoms with Crippen LogP contribution in [-0.4, -0.2) is 30.9 Å². The van der Waals surface area contributed by atoms with E-state index in [0.29, 0.717) is 12.6 Å². The first-order valence-corrected chi connectivity index (χ1v) is 7.52. The first-order chi connectivity index (χ1) is 10.1.